The van der Waals surface area contributed by atoms with Gasteiger partial charge in [0.25, 0.3) is 0 Å². The van der Waals surface area contributed by atoms with Crippen LogP contribution in [-0.4, -0.2) is 33.7 Å². The molecule has 0 aromatic heterocycles. The van der Waals surface area contributed by atoms with E-state index >= 15 is 0 Å². The van der Waals surface area contributed by atoms with Gasteiger partial charge in [-0.1, -0.05) is 19.1 Å². The lowest BCUT2D eigenvalue weighted by atomic mass is 10.2. The minimum Gasteiger partial charge on any atom is -0.323 e. The molecule has 0 radical (unpaired) electrons. The molecule has 0 aliphatic carbocycles. The summed E-state index contributed by atoms with van der Waals surface area (Å²) in [5.74, 6) is -0.212. The van der Waals surface area contributed by atoms with Gasteiger partial charge >= 0.3 is 0 Å². The first-order valence-corrected chi connectivity index (χ1v) is 7.89. The maximum absolute atomic E-state index is 11.7. The minimum atomic E-state index is -3.37. The van der Waals surface area contributed by atoms with Crippen molar-refractivity contribution in [2.45, 2.75) is 13.3 Å². The summed E-state index contributed by atoms with van der Waals surface area (Å²) in [5.41, 5.74) is 0.796. The molecule has 1 amide bonds. The smallest absolute Gasteiger partial charge is 0.238 e. The van der Waals surface area contributed by atoms with Gasteiger partial charge in [0.2, 0.25) is 15.9 Å². The Hall–Kier alpha value is -1.60. The molecule has 19 heavy (non-hydrogen) atoms. The summed E-state index contributed by atoms with van der Waals surface area (Å²) in [6, 6.07) is 6.66. The van der Waals surface area contributed by atoms with Crippen molar-refractivity contribution in [3.05, 3.63) is 24.3 Å². The lowest BCUT2D eigenvalue weighted by molar-refractivity contribution is -0.115. The maximum atomic E-state index is 11.7. The Morgan fingerprint density at radius 3 is 2.42 bits per heavy atom. The number of carbonyl (C=O) groups excluding carboxylic acids is 1. The van der Waals surface area contributed by atoms with Crippen LogP contribution in [0.25, 0.3) is 0 Å². The summed E-state index contributed by atoms with van der Waals surface area (Å²) in [7, 11) is -3.37. The average molecular weight is 285 g/mol. The Kier molecular flexibility index (Phi) is 5.78. The van der Waals surface area contributed by atoms with Crippen LogP contribution in [0.5, 0.6) is 0 Å². The Balaban J connectivity index is 2.70. The largest absolute Gasteiger partial charge is 0.323 e. The quantitative estimate of drug-likeness (QED) is 0.652. The van der Waals surface area contributed by atoms with E-state index < -0.39 is 10.0 Å². The molecule has 0 spiro atoms. The summed E-state index contributed by atoms with van der Waals surface area (Å²) < 4.78 is 24.8. The molecule has 0 aliphatic heterocycles. The third-order valence-corrected chi connectivity index (χ3v) is 2.80. The Morgan fingerprint density at radius 1 is 1.21 bits per heavy atom. The topological polar surface area (TPSA) is 87.3 Å². The molecule has 0 unspecified atom stereocenters. The van der Waals surface area contributed by atoms with E-state index in [0.29, 0.717) is 11.4 Å². The standard InChI is InChI=1S/C12H19N3O3S/c1-3-8-13-9-12(16)14-10-6-4-5-7-11(10)15-19(2,17)18/h4-7,13,15H,3,8-9H2,1-2H3,(H,14,16). The molecule has 0 aliphatic rings. The van der Waals surface area contributed by atoms with E-state index in [1.165, 1.54) is 0 Å². The van der Waals surface area contributed by atoms with Gasteiger partial charge in [-0.3, -0.25) is 9.52 Å². The molecule has 1 rings (SSSR count). The molecule has 7 heteroatoms. The van der Waals surface area contributed by atoms with E-state index in [9.17, 15) is 13.2 Å². The Morgan fingerprint density at radius 2 is 1.84 bits per heavy atom. The molecule has 0 atom stereocenters. The number of carbonyl (C=O) groups is 1. The Labute approximate surface area is 113 Å². The van der Waals surface area contributed by atoms with Crippen LogP contribution in [0.4, 0.5) is 11.4 Å². The second kappa shape index (κ2) is 7.10. The summed E-state index contributed by atoms with van der Waals surface area (Å²) in [5, 5.41) is 5.64. The molecule has 0 saturated carbocycles. The summed E-state index contributed by atoms with van der Waals surface area (Å²) in [6.07, 6.45) is 2.01. The molecule has 0 heterocycles. The van der Waals surface area contributed by atoms with Crippen LogP contribution >= 0.6 is 0 Å². The number of sulfonamides is 1. The third kappa shape index (κ3) is 6.21. The molecular weight excluding hydrogens is 266 g/mol. The fraction of sp³-hybridized carbons (Fsp3) is 0.417. The summed E-state index contributed by atoms with van der Waals surface area (Å²) >= 11 is 0. The number of para-hydroxylation sites is 2. The third-order valence-electron chi connectivity index (χ3n) is 2.21. The fourth-order valence-electron chi connectivity index (χ4n) is 1.45. The predicted molar refractivity (Wildman–Crippen MR) is 76.7 cm³/mol. The summed E-state index contributed by atoms with van der Waals surface area (Å²) in [4.78, 5) is 11.7. The van der Waals surface area contributed by atoms with Crippen LogP contribution in [0.15, 0.2) is 24.3 Å². The normalized spacial score (nSPS) is 11.1. The van der Waals surface area contributed by atoms with Crippen molar-refractivity contribution in [3.63, 3.8) is 0 Å². The van der Waals surface area contributed by atoms with Gasteiger partial charge in [-0.05, 0) is 25.1 Å². The Bertz CT molecular complexity index is 529. The van der Waals surface area contributed by atoms with Gasteiger partial charge in [-0.25, -0.2) is 8.42 Å². The van der Waals surface area contributed by atoms with Crippen LogP contribution in [0.3, 0.4) is 0 Å². The fourth-order valence-corrected chi connectivity index (χ4v) is 2.03. The number of rotatable bonds is 7. The highest BCUT2D eigenvalue weighted by Crippen LogP contribution is 2.21. The highest BCUT2D eigenvalue weighted by atomic mass is 32.2. The zero-order valence-electron chi connectivity index (χ0n) is 11.1. The minimum absolute atomic E-state index is 0.195. The molecule has 1 aromatic rings. The maximum Gasteiger partial charge on any atom is 0.238 e. The summed E-state index contributed by atoms with van der Waals surface area (Å²) in [6.45, 7) is 2.97. The van der Waals surface area contributed by atoms with Crippen LogP contribution in [0.2, 0.25) is 0 Å². The predicted octanol–water partition coefficient (Wildman–Crippen LogP) is 0.996. The van der Waals surface area contributed by atoms with Crippen LogP contribution in [0.1, 0.15) is 13.3 Å². The zero-order valence-corrected chi connectivity index (χ0v) is 11.9. The number of nitrogens with one attached hydrogen (secondary N) is 3. The lowest BCUT2D eigenvalue weighted by Crippen LogP contribution is -2.28. The van der Waals surface area contributed by atoms with Gasteiger partial charge in [0, 0.05) is 0 Å². The van der Waals surface area contributed by atoms with Crippen molar-refractivity contribution in [2.75, 3.05) is 29.4 Å². The van der Waals surface area contributed by atoms with Gasteiger partial charge in [0.05, 0.1) is 24.2 Å². The molecule has 0 saturated heterocycles. The van der Waals surface area contributed by atoms with Crippen molar-refractivity contribution in [1.29, 1.82) is 0 Å². The second-order valence-corrected chi connectivity index (χ2v) is 5.89. The van der Waals surface area contributed by atoms with Gasteiger partial charge in [0.1, 0.15) is 0 Å². The van der Waals surface area contributed by atoms with Gasteiger partial charge in [-0.2, -0.15) is 0 Å². The van der Waals surface area contributed by atoms with Gasteiger partial charge in [0.15, 0.2) is 0 Å². The van der Waals surface area contributed by atoms with Crippen molar-refractivity contribution >= 4 is 27.3 Å². The molecular formula is C12H19N3O3S. The number of anilines is 2. The number of hydrogen-bond donors (Lipinski definition) is 3. The molecule has 0 bridgehead atoms. The van der Waals surface area contributed by atoms with Gasteiger partial charge < -0.3 is 10.6 Å². The van der Waals surface area contributed by atoms with Crippen molar-refractivity contribution in [2.24, 2.45) is 0 Å². The van der Waals surface area contributed by atoms with E-state index in [0.717, 1.165) is 19.2 Å². The highest BCUT2D eigenvalue weighted by molar-refractivity contribution is 7.92. The second-order valence-electron chi connectivity index (χ2n) is 4.14. The first-order chi connectivity index (χ1) is 8.92. The van der Waals surface area contributed by atoms with E-state index in [1.54, 1.807) is 24.3 Å². The van der Waals surface area contributed by atoms with Crippen molar-refractivity contribution in [3.8, 4) is 0 Å². The van der Waals surface area contributed by atoms with Crippen molar-refractivity contribution < 1.29 is 13.2 Å². The molecule has 3 N–H and O–H groups in total. The molecule has 1 aromatic carbocycles. The van der Waals surface area contributed by atoms with Crippen LogP contribution < -0.4 is 15.4 Å². The van der Waals surface area contributed by atoms with E-state index in [4.69, 9.17) is 0 Å². The van der Waals surface area contributed by atoms with Gasteiger partial charge in [-0.15, -0.1) is 0 Å². The first kappa shape index (κ1) is 15.5. The number of amides is 1. The van der Waals surface area contributed by atoms with Crippen LogP contribution in [0, 0.1) is 0 Å². The monoisotopic (exact) mass is 285 g/mol. The van der Waals surface area contributed by atoms with E-state index in [1.807, 2.05) is 6.92 Å². The molecule has 106 valence electrons. The zero-order chi connectivity index (χ0) is 14.3. The number of benzene rings is 1. The van der Waals surface area contributed by atoms with E-state index in [2.05, 4.69) is 15.4 Å². The lowest BCUT2D eigenvalue weighted by Gasteiger charge is -2.12. The van der Waals surface area contributed by atoms with E-state index in [-0.39, 0.29) is 12.5 Å². The van der Waals surface area contributed by atoms with Crippen LogP contribution in [-0.2, 0) is 14.8 Å². The van der Waals surface area contributed by atoms with Crippen molar-refractivity contribution in [1.82, 2.24) is 5.32 Å². The molecule has 0 fully saturated rings. The first-order valence-electron chi connectivity index (χ1n) is 5.99. The molecule has 6 nitrogen and oxygen atoms in total. The SMILES string of the molecule is CCCNCC(=O)Nc1ccccc1NS(C)(=O)=O. The number of hydrogen-bond acceptors (Lipinski definition) is 4. The average Bonchev–Trinajstić information content (AvgIpc) is 2.30. The highest BCUT2D eigenvalue weighted by Gasteiger charge is 2.09.